The average molecular weight is 438 g/mol. The van der Waals surface area contributed by atoms with Crippen molar-refractivity contribution in [3.05, 3.63) is 52.7 Å². The first kappa shape index (κ1) is 21.8. The first-order chi connectivity index (χ1) is 15.0. The summed E-state index contributed by atoms with van der Waals surface area (Å²) in [6.45, 7) is 11.8. The van der Waals surface area contributed by atoms with Crippen LogP contribution in [0.15, 0.2) is 36.7 Å². The number of anilines is 2. The first-order valence-electron chi connectivity index (χ1n) is 10.8. The topological polar surface area (TPSA) is 69.2 Å². The van der Waals surface area contributed by atoms with Gasteiger partial charge in [0, 0.05) is 68.8 Å². The molecule has 2 aromatic heterocycles. The minimum absolute atomic E-state index is 0.588. The highest BCUT2D eigenvalue weighted by Gasteiger charge is 2.13. The van der Waals surface area contributed by atoms with Gasteiger partial charge < -0.3 is 15.5 Å². The lowest BCUT2D eigenvalue weighted by molar-refractivity contribution is 0.154. The molecule has 3 heterocycles. The number of nitrogens with one attached hydrogen (secondary N) is 2. The second-order valence-electron chi connectivity index (χ2n) is 8.22. The molecule has 2 N–H and O–H groups in total. The summed E-state index contributed by atoms with van der Waals surface area (Å²) in [6.07, 6.45) is 3.73. The van der Waals surface area contributed by atoms with E-state index in [1.54, 1.807) is 17.5 Å². The van der Waals surface area contributed by atoms with Crippen molar-refractivity contribution in [1.29, 1.82) is 0 Å². The van der Waals surface area contributed by atoms with Crippen LogP contribution in [-0.2, 0) is 6.54 Å². The third-order valence-electron chi connectivity index (χ3n) is 5.41. The van der Waals surface area contributed by atoms with Gasteiger partial charge in [0.1, 0.15) is 10.7 Å². The Kier molecular flexibility index (Phi) is 7.24. The Balaban J connectivity index is 1.30. The molecule has 0 atom stereocenters. The van der Waals surface area contributed by atoms with Gasteiger partial charge in [-0.05, 0) is 50.2 Å². The number of benzene rings is 1. The molecule has 0 saturated carbocycles. The molecule has 1 fully saturated rings. The quantitative estimate of drug-likeness (QED) is 0.524. The number of aromatic nitrogens is 3. The van der Waals surface area contributed by atoms with E-state index in [9.17, 15) is 0 Å². The van der Waals surface area contributed by atoms with E-state index in [1.165, 1.54) is 16.0 Å². The van der Waals surface area contributed by atoms with E-state index in [0.29, 0.717) is 5.95 Å². The fourth-order valence-electron chi connectivity index (χ4n) is 3.74. The molecule has 0 radical (unpaired) electrons. The summed E-state index contributed by atoms with van der Waals surface area (Å²) < 4.78 is 0. The maximum atomic E-state index is 4.67. The molecule has 31 heavy (non-hydrogen) atoms. The second-order valence-corrected chi connectivity index (χ2v) is 9.34. The van der Waals surface area contributed by atoms with Gasteiger partial charge in [0.25, 0.3) is 0 Å². The molecular weight excluding hydrogens is 406 g/mol. The van der Waals surface area contributed by atoms with Crippen molar-refractivity contribution in [3.63, 3.8) is 0 Å². The van der Waals surface area contributed by atoms with Crippen LogP contribution in [0.3, 0.4) is 0 Å². The second kappa shape index (κ2) is 10.3. The highest BCUT2D eigenvalue weighted by Crippen LogP contribution is 2.25. The maximum Gasteiger partial charge on any atom is 0.227 e. The number of aryl methyl sites for hydroxylation is 2. The fourth-order valence-corrected chi connectivity index (χ4v) is 4.59. The number of nitrogens with zero attached hydrogens (tertiary/aromatic N) is 5. The lowest BCUT2D eigenvalue weighted by Crippen LogP contribution is -2.46. The molecule has 164 valence electrons. The van der Waals surface area contributed by atoms with Crippen LogP contribution in [-0.4, -0.2) is 71.1 Å². The third-order valence-corrected chi connectivity index (χ3v) is 6.43. The van der Waals surface area contributed by atoms with E-state index in [0.717, 1.165) is 62.2 Å². The molecule has 1 aliphatic rings. The van der Waals surface area contributed by atoms with Crippen molar-refractivity contribution in [2.45, 2.75) is 20.4 Å². The predicted molar refractivity (Wildman–Crippen MR) is 128 cm³/mol. The highest BCUT2D eigenvalue weighted by atomic mass is 32.1. The SMILES string of the molecule is Cc1cc(C)cc(Nc2nccc(-c3ncc(CNCCN4CCN(C)CC4)s3)n2)c1. The number of hydrogen-bond donors (Lipinski definition) is 2. The van der Waals surface area contributed by atoms with Crippen molar-refractivity contribution < 1.29 is 0 Å². The van der Waals surface area contributed by atoms with Crippen LogP contribution < -0.4 is 10.6 Å². The Hall–Kier alpha value is -2.39. The number of piperazine rings is 1. The van der Waals surface area contributed by atoms with Crippen LogP contribution in [0.2, 0.25) is 0 Å². The van der Waals surface area contributed by atoms with Crippen LogP contribution in [0.5, 0.6) is 0 Å². The van der Waals surface area contributed by atoms with Gasteiger partial charge in [-0.15, -0.1) is 11.3 Å². The van der Waals surface area contributed by atoms with Crippen molar-refractivity contribution in [3.8, 4) is 10.7 Å². The summed E-state index contributed by atoms with van der Waals surface area (Å²) in [5, 5.41) is 7.78. The summed E-state index contributed by atoms with van der Waals surface area (Å²) in [5.74, 6) is 0.588. The largest absolute Gasteiger partial charge is 0.324 e. The fraction of sp³-hybridized carbons (Fsp3) is 0.435. The Morgan fingerprint density at radius 2 is 1.81 bits per heavy atom. The van der Waals surface area contributed by atoms with Gasteiger partial charge in [0.15, 0.2) is 0 Å². The van der Waals surface area contributed by atoms with Crippen LogP contribution >= 0.6 is 11.3 Å². The Bertz CT molecular complexity index is 975. The summed E-state index contributed by atoms with van der Waals surface area (Å²) in [5.41, 5.74) is 4.27. The molecule has 1 saturated heterocycles. The molecule has 8 heteroatoms. The minimum Gasteiger partial charge on any atom is -0.324 e. The zero-order valence-corrected chi connectivity index (χ0v) is 19.4. The van der Waals surface area contributed by atoms with Crippen LogP contribution in [0, 0.1) is 13.8 Å². The van der Waals surface area contributed by atoms with E-state index in [1.807, 2.05) is 12.3 Å². The molecule has 1 aliphatic heterocycles. The van der Waals surface area contributed by atoms with Crippen LogP contribution in [0.1, 0.15) is 16.0 Å². The monoisotopic (exact) mass is 437 g/mol. The molecule has 0 unspecified atom stereocenters. The minimum atomic E-state index is 0.588. The zero-order valence-electron chi connectivity index (χ0n) is 18.6. The van der Waals surface area contributed by atoms with Gasteiger partial charge in [0.2, 0.25) is 5.95 Å². The van der Waals surface area contributed by atoms with Crippen LogP contribution in [0.25, 0.3) is 10.7 Å². The lowest BCUT2D eigenvalue weighted by atomic mass is 10.1. The summed E-state index contributed by atoms with van der Waals surface area (Å²) in [7, 11) is 2.19. The smallest absolute Gasteiger partial charge is 0.227 e. The Morgan fingerprint density at radius 1 is 1.03 bits per heavy atom. The first-order valence-corrected chi connectivity index (χ1v) is 11.6. The third kappa shape index (κ3) is 6.30. The van der Waals surface area contributed by atoms with Gasteiger partial charge in [0.05, 0.1) is 0 Å². The van der Waals surface area contributed by atoms with Gasteiger partial charge in [-0.2, -0.15) is 0 Å². The maximum absolute atomic E-state index is 4.67. The standard InChI is InChI=1S/C23H31N7S/c1-17-12-18(2)14-19(13-17)27-23-25-5-4-21(28-23)22-26-16-20(31-22)15-24-6-7-30-10-8-29(3)9-11-30/h4-5,12-14,16,24H,6-11,15H2,1-3H3,(H,25,27,28). The van der Waals surface area contributed by atoms with E-state index in [4.69, 9.17) is 0 Å². The zero-order chi connectivity index (χ0) is 21.6. The Morgan fingerprint density at radius 3 is 2.58 bits per heavy atom. The number of hydrogen-bond acceptors (Lipinski definition) is 8. The highest BCUT2D eigenvalue weighted by molar-refractivity contribution is 7.14. The number of likely N-dealkylation sites (N-methyl/N-ethyl adjacent to an activating group) is 1. The van der Waals surface area contributed by atoms with Crippen molar-refractivity contribution in [2.24, 2.45) is 0 Å². The summed E-state index contributed by atoms with van der Waals surface area (Å²) in [6, 6.07) is 8.26. The number of thiazole rings is 1. The van der Waals surface area contributed by atoms with Gasteiger partial charge >= 0.3 is 0 Å². The van der Waals surface area contributed by atoms with E-state index >= 15 is 0 Å². The van der Waals surface area contributed by atoms with Gasteiger partial charge in [-0.3, -0.25) is 4.90 Å². The van der Waals surface area contributed by atoms with E-state index < -0.39 is 0 Å². The molecule has 1 aromatic carbocycles. The number of rotatable bonds is 8. The Labute approximate surface area is 188 Å². The molecule has 0 amide bonds. The molecule has 3 aromatic rings. The van der Waals surface area contributed by atoms with Gasteiger partial charge in [-0.1, -0.05) is 6.07 Å². The summed E-state index contributed by atoms with van der Waals surface area (Å²) >= 11 is 1.68. The average Bonchev–Trinajstić information content (AvgIpc) is 3.21. The normalized spacial score (nSPS) is 15.3. The van der Waals surface area contributed by atoms with Crippen LogP contribution in [0.4, 0.5) is 11.6 Å². The molecule has 4 rings (SSSR count). The van der Waals surface area contributed by atoms with E-state index in [2.05, 4.69) is 74.5 Å². The summed E-state index contributed by atoms with van der Waals surface area (Å²) in [4.78, 5) is 19.8. The molecule has 0 aliphatic carbocycles. The molecule has 0 spiro atoms. The predicted octanol–water partition coefficient (Wildman–Crippen LogP) is 3.30. The van der Waals surface area contributed by atoms with Gasteiger partial charge in [-0.25, -0.2) is 15.0 Å². The van der Waals surface area contributed by atoms with Crippen molar-refractivity contribution >= 4 is 23.0 Å². The molecule has 0 bridgehead atoms. The molecular formula is C23H31N7S. The van der Waals surface area contributed by atoms with E-state index in [-0.39, 0.29) is 0 Å². The van der Waals surface area contributed by atoms with Crippen molar-refractivity contribution in [1.82, 2.24) is 30.1 Å². The molecule has 7 nitrogen and oxygen atoms in total. The lowest BCUT2D eigenvalue weighted by Gasteiger charge is -2.32. The van der Waals surface area contributed by atoms with Crippen molar-refractivity contribution in [2.75, 3.05) is 51.6 Å².